The highest BCUT2D eigenvalue weighted by Gasteiger charge is 2.34. The zero-order valence-corrected chi connectivity index (χ0v) is 21.3. The summed E-state index contributed by atoms with van der Waals surface area (Å²) in [6, 6.07) is 10.2. The van der Waals surface area contributed by atoms with E-state index in [0.29, 0.717) is 19.5 Å². The third-order valence-corrected chi connectivity index (χ3v) is 8.69. The molecular formula is C30H35F2N3O2. The van der Waals surface area contributed by atoms with E-state index in [1.54, 1.807) is 18.2 Å². The van der Waals surface area contributed by atoms with E-state index in [4.69, 9.17) is 0 Å². The van der Waals surface area contributed by atoms with Gasteiger partial charge in [-0.25, -0.2) is 13.6 Å². The molecule has 1 aliphatic carbocycles. The molecule has 2 atom stereocenters. The van der Waals surface area contributed by atoms with Gasteiger partial charge >= 0.3 is 5.97 Å². The van der Waals surface area contributed by atoms with Gasteiger partial charge in [-0.1, -0.05) is 18.9 Å². The molecule has 1 saturated carbocycles. The molecule has 1 saturated heterocycles. The average Bonchev–Trinajstić information content (AvgIpc) is 3.50. The Morgan fingerprint density at radius 2 is 1.70 bits per heavy atom. The Balaban J connectivity index is 1.50. The smallest absolute Gasteiger partial charge is 0.335 e. The Hall–Kier alpha value is -2.77. The Kier molecular flexibility index (Phi) is 6.76. The van der Waals surface area contributed by atoms with Crippen molar-refractivity contribution in [3.05, 3.63) is 58.9 Å². The van der Waals surface area contributed by atoms with Crippen LogP contribution in [0, 0.1) is 5.82 Å². The van der Waals surface area contributed by atoms with E-state index in [2.05, 4.69) is 14.4 Å². The van der Waals surface area contributed by atoms with Crippen molar-refractivity contribution in [3.63, 3.8) is 0 Å². The van der Waals surface area contributed by atoms with Gasteiger partial charge in [0.05, 0.1) is 11.3 Å². The van der Waals surface area contributed by atoms with Crippen LogP contribution in [0.3, 0.4) is 0 Å². The van der Waals surface area contributed by atoms with Gasteiger partial charge in [-0.3, -0.25) is 4.90 Å². The number of aromatic nitrogens is 1. The van der Waals surface area contributed by atoms with E-state index in [1.165, 1.54) is 18.9 Å². The number of benzene rings is 2. The zero-order chi connectivity index (χ0) is 25.5. The van der Waals surface area contributed by atoms with Gasteiger partial charge in [0, 0.05) is 55.1 Å². The molecule has 3 aromatic rings. The number of likely N-dealkylation sites (tertiary alicyclic amines) is 1. The van der Waals surface area contributed by atoms with Crippen LogP contribution < -0.4 is 0 Å². The lowest BCUT2D eigenvalue weighted by molar-refractivity contribution is 0.0697. The fraction of sp³-hybridized carbons (Fsp3) is 0.500. The van der Waals surface area contributed by atoms with Gasteiger partial charge < -0.3 is 14.6 Å². The van der Waals surface area contributed by atoms with Crippen LogP contribution in [0.2, 0.25) is 0 Å². The molecule has 0 spiro atoms. The lowest BCUT2D eigenvalue weighted by Crippen LogP contribution is -2.36. The first-order valence-electron chi connectivity index (χ1n) is 13.8. The largest absolute Gasteiger partial charge is 0.478 e. The first-order valence-corrected chi connectivity index (χ1v) is 13.8. The third kappa shape index (κ3) is 4.68. The lowest BCUT2D eigenvalue weighted by Gasteiger charge is -2.31. The molecule has 1 N–H and O–H groups in total. The predicted molar refractivity (Wildman–Crippen MR) is 141 cm³/mol. The van der Waals surface area contributed by atoms with E-state index in [1.807, 2.05) is 12.1 Å². The van der Waals surface area contributed by atoms with Crippen LogP contribution in [0.5, 0.6) is 0 Å². The summed E-state index contributed by atoms with van der Waals surface area (Å²) >= 11 is 0. The van der Waals surface area contributed by atoms with E-state index < -0.39 is 12.1 Å². The molecule has 7 heteroatoms. The van der Waals surface area contributed by atoms with Crippen LogP contribution in [0.4, 0.5) is 8.78 Å². The van der Waals surface area contributed by atoms with E-state index in [0.717, 1.165) is 85.3 Å². The predicted octanol–water partition coefficient (Wildman–Crippen LogP) is 6.05. The maximum Gasteiger partial charge on any atom is 0.335 e. The summed E-state index contributed by atoms with van der Waals surface area (Å²) in [7, 11) is 0. The maximum absolute atomic E-state index is 15.5. The van der Waals surface area contributed by atoms with Gasteiger partial charge in [-0.2, -0.15) is 0 Å². The Bertz CT molecular complexity index is 1310. The van der Waals surface area contributed by atoms with Crippen LogP contribution in [0.1, 0.15) is 65.9 Å². The number of nitrogens with zero attached hydrogens (tertiary/aromatic N) is 3. The molecule has 2 aliphatic heterocycles. The molecule has 0 unspecified atom stereocenters. The second kappa shape index (κ2) is 10.2. The first kappa shape index (κ1) is 24.6. The van der Waals surface area contributed by atoms with Crippen molar-refractivity contribution in [1.82, 2.24) is 14.4 Å². The van der Waals surface area contributed by atoms with Crippen LogP contribution >= 0.6 is 0 Å². The number of alkyl halides is 1. The molecule has 1 aromatic heterocycles. The number of carbonyl (C=O) groups is 1. The summed E-state index contributed by atoms with van der Waals surface area (Å²) in [5.41, 5.74) is 4.83. The second-order valence-electron chi connectivity index (χ2n) is 11.0. The highest BCUT2D eigenvalue weighted by molar-refractivity contribution is 5.98. The summed E-state index contributed by atoms with van der Waals surface area (Å²) in [5.74, 6) is -1.48. The fourth-order valence-corrected chi connectivity index (χ4v) is 6.78. The third-order valence-electron chi connectivity index (χ3n) is 8.69. The number of halogens is 2. The highest BCUT2D eigenvalue weighted by atomic mass is 19.1. The molecule has 196 valence electrons. The molecule has 5 nitrogen and oxygen atoms in total. The number of carboxylic acids is 1. The summed E-state index contributed by atoms with van der Waals surface area (Å²) < 4.78 is 32.2. The number of carboxylic acid groups (broad SMARTS) is 1. The molecular weight excluding hydrogens is 472 g/mol. The van der Waals surface area contributed by atoms with Crippen molar-refractivity contribution in [1.29, 1.82) is 0 Å². The van der Waals surface area contributed by atoms with Crippen molar-refractivity contribution in [2.45, 2.75) is 63.7 Å². The second-order valence-corrected chi connectivity index (χ2v) is 11.0. The Labute approximate surface area is 216 Å². The quantitative estimate of drug-likeness (QED) is 0.457. The van der Waals surface area contributed by atoms with Crippen LogP contribution in [-0.2, 0) is 13.1 Å². The van der Waals surface area contributed by atoms with Crippen molar-refractivity contribution in [2.24, 2.45) is 0 Å². The molecule has 2 aromatic carbocycles. The molecule has 0 bridgehead atoms. The van der Waals surface area contributed by atoms with E-state index in [9.17, 15) is 14.3 Å². The standard InChI is InChI=1S/C30H35F2N3O2/c31-22-8-10-23-21(17-22)19-34(14-13-33-11-3-4-12-33)15-16-35-27-18-20(30(36)37)7-9-25(27)28(29(23)35)24-5-1-2-6-26(24)32/h7-10,17-18,24,26H,1-6,11-16,19H2,(H,36,37)/t24-,26-/m1/s1. The van der Waals surface area contributed by atoms with Gasteiger partial charge in [0.25, 0.3) is 0 Å². The average molecular weight is 508 g/mol. The van der Waals surface area contributed by atoms with Crippen molar-refractivity contribution < 1.29 is 18.7 Å². The molecule has 6 rings (SSSR count). The normalized spacial score (nSPS) is 23.0. The molecule has 0 amide bonds. The summed E-state index contributed by atoms with van der Waals surface area (Å²) in [6.45, 7) is 6.25. The molecule has 3 heterocycles. The molecule has 0 radical (unpaired) electrons. The van der Waals surface area contributed by atoms with Crippen molar-refractivity contribution in [3.8, 4) is 11.3 Å². The number of rotatable bonds is 5. The topological polar surface area (TPSA) is 48.7 Å². The number of hydrogen-bond acceptors (Lipinski definition) is 3. The monoisotopic (exact) mass is 507 g/mol. The van der Waals surface area contributed by atoms with Crippen LogP contribution in [0.25, 0.3) is 22.2 Å². The molecule has 3 aliphatic rings. The highest BCUT2D eigenvalue weighted by Crippen LogP contribution is 2.46. The zero-order valence-electron chi connectivity index (χ0n) is 21.3. The minimum absolute atomic E-state index is 0.229. The summed E-state index contributed by atoms with van der Waals surface area (Å²) in [6.07, 6.45) is 4.75. The van der Waals surface area contributed by atoms with Gasteiger partial charge in [-0.15, -0.1) is 0 Å². The van der Waals surface area contributed by atoms with Gasteiger partial charge in [0.2, 0.25) is 0 Å². The van der Waals surface area contributed by atoms with Crippen molar-refractivity contribution in [2.75, 3.05) is 32.7 Å². The molecule has 37 heavy (non-hydrogen) atoms. The first-order chi connectivity index (χ1) is 18.0. The SMILES string of the molecule is O=C(O)c1ccc2c([C@@H]3CCCC[C@H]3F)c3n(c2c1)CCN(CCN1CCCC1)Cc1cc(F)ccc1-3. The van der Waals surface area contributed by atoms with Gasteiger partial charge in [0.15, 0.2) is 0 Å². The number of aromatic carboxylic acids is 1. The number of fused-ring (bicyclic) bond motifs is 5. The van der Waals surface area contributed by atoms with E-state index >= 15 is 4.39 Å². The molecule has 2 fully saturated rings. The minimum atomic E-state index is -0.972. The maximum atomic E-state index is 15.5. The van der Waals surface area contributed by atoms with E-state index in [-0.39, 0.29) is 17.3 Å². The van der Waals surface area contributed by atoms with Crippen LogP contribution in [-0.4, -0.2) is 64.3 Å². The number of hydrogen-bond donors (Lipinski definition) is 1. The lowest BCUT2D eigenvalue weighted by atomic mass is 9.80. The Morgan fingerprint density at radius 1 is 0.919 bits per heavy atom. The minimum Gasteiger partial charge on any atom is -0.478 e. The summed E-state index contributed by atoms with van der Waals surface area (Å²) in [4.78, 5) is 16.7. The fourth-order valence-electron chi connectivity index (χ4n) is 6.78. The summed E-state index contributed by atoms with van der Waals surface area (Å²) in [5, 5.41) is 10.7. The Morgan fingerprint density at radius 3 is 2.49 bits per heavy atom. The van der Waals surface area contributed by atoms with Crippen molar-refractivity contribution >= 4 is 16.9 Å². The van der Waals surface area contributed by atoms with Crippen LogP contribution in [0.15, 0.2) is 36.4 Å². The van der Waals surface area contributed by atoms with Gasteiger partial charge in [-0.05, 0) is 80.2 Å². The van der Waals surface area contributed by atoms with Gasteiger partial charge in [0.1, 0.15) is 12.0 Å².